The molecule has 2 atom stereocenters. The topological polar surface area (TPSA) is 71.4 Å². The Kier molecular flexibility index (Phi) is 4.52. The van der Waals surface area contributed by atoms with Gasteiger partial charge in [0.15, 0.2) is 5.82 Å². The maximum absolute atomic E-state index is 12.2. The van der Waals surface area contributed by atoms with Crippen LogP contribution >= 0.6 is 0 Å². The molecule has 1 aromatic heterocycles. The van der Waals surface area contributed by atoms with Crippen molar-refractivity contribution >= 4 is 11.7 Å². The number of likely N-dealkylation sites (N-methyl/N-ethyl adjacent to an activating group) is 1. The molecule has 2 N–H and O–H groups in total. The molecule has 0 unspecified atom stereocenters. The summed E-state index contributed by atoms with van der Waals surface area (Å²) in [4.78, 5) is 14.5. The van der Waals surface area contributed by atoms with E-state index in [2.05, 4.69) is 27.6 Å². The molecule has 7 nitrogen and oxygen atoms in total. The van der Waals surface area contributed by atoms with Crippen LogP contribution in [0.15, 0.2) is 12.3 Å². The van der Waals surface area contributed by atoms with E-state index in [9.17, 15) is 4.79 Å². The SMILES string of the molecule is CCN1CCO[C@@H](C(=O)Nc2ccn([C@H]3CCNC3)n2)C1. The van der Waals surface area contributed by atoms with Crippen LogP contribution in [0.4, 0.5) is 5.82 Å². The van der Waals surface area contributed by atoms with Crippen molar-refractivity contribution in [3.63, 3.8) is 0 Å². The van der Waals surface area contributed by atoms with E-state index >= 15 is 0 Å². The van der Waals surface area contributed by atoms with Gasteiger partial charge in [-0.3, -0.25) is 14.4 Å². The maximum Gasteiger partial charge on any atom is 0.256 e. The Morgan fingerprint density at radius 3 is 3.29 bits per heavy atom. The predicted octanol–water partition coefficient (Wildman–Crippen LogP) is 0.0767. The molecule has 0 saturated carbocycles. The average molecular weight is 293 g/mol. The highest BCUT2D eigenvalue weighted by Gasteiger charge is 2.26. The second-order valence-corrected chi connectivity index (χ2v) is 5.57. The van der Waals surface area contributed by atoms with E-state index in [1.165, 1.54) is 0 Å². The first-order chi connectivity index (χ1) is 10.3. The number of anilines is 1. The Bertz CT molecular complexity index is 483. The van der Waals surface area contributed by atoms with Gasteiger partial charge >= 0.3 is 0 Å². The van der Waals surface area contributed by atoms with Crippen molar-refractivity contribution in [2.24, 2.45) is 0 Å². The minimum atomic E-state index is -0.406. The van der Waals surface area contributed by atoms with Crippen molar-refractivity contribution in [1.29, 1.82) is 0 Å². The number of carbonyl (C=O) groups excluding carboxylic acids is 1. The van der Waals surface area contributed by atoms with Crippen molar-refractivity contribution in [2.45, 2.75) is 25.5 Å². The Labute approximate surface area is 124 Å². The fraction of sp³-hybridized carbons (Fsp3) is 0.714. The molecule has 3 rings (SSSR count). The lowest BCUT2D eigenvalue weighted by molar-refractivity contribution is -0.132. The molecule has 3 heterocycles. The zero-order valence-corrected chi connectivity index (χ0v) is 12.4. The van der Waals surface area contributed by atoms with Crippen LogP contribution in [0, 0.1) is 0 Å². The first-order valence-corrected chi connectivity index (χ1v) is 7.67. The predicted molar refractivity (Wildman–Crippen MR) is 79.2 cm³/mol. The second-order valence-electron chi connectivity index (χ2n) is 5.57. The molecular formula is C14H23N5O2. The fourth-order valence-electron chi connectivity index (χ4n) is 2.83. The summed E-state index contributed by atoms with van der Waals surface area (Å²) in [5, 5.41) is 10.6. The van der Waals surface area contributed by atoms with E-state index in [0.717, 1.165) is 32.6 Å². The van der Waals surface area contributed by atoms with Crippen LogP contribution in [0.25, 0.3) is 0 Å². The number of hydrogen-bond donors (Lipinski definition) is 2. The zero-order chi connectivity index (χ0) is 14.7. The van der Waals surface area contributed by atoms with E-state index in [0.29, 0.717) is 25.0 Å². The summed E-state index contributed by atoms with van der Waals surface area (Å²) in [5.41, 5.74) is 0. The molecule has 2 aliphatic rings. The second kappa shape index (κ2) is 6.55. The van der Waals surface area contributed by atoms with E-state index in [1.807, 2.05) is 16.9 Å². The van der Waals surface area contributed by atoms with Crippen LogP contribution in [0.2, 0.25) is 0 Å². The number of amides is 1. The molecular weight excluding hydrogens is 270 g/mol. The van der Waals surface area contributed by atoms with Gasteiger partial charge in [0.2, 0.25) is 0 Å². The van der Waals surface area contributed by atoms with Gasteiger partial charge in [0.05, 0.1) is 12.6 Å². The number of rotatable bonds is 4. The third kappa shape index (κ3) is 3.42. The molecule has 1 aromatic rings. The van der Waals surface area contributed by atoms with Gasteiger partial charge in [0.25, 0.3) is 5.91 Å². The molecule has 2 aliphatic heterocycles. The van der Waals surface area contributed by atoms with Crippen LogP contribution < -0.4 is 10.6 Å². The minimum absolute atomic E-state index is 0.108. The fourth-order valence-corrected chi connectivity index (χ4v) is 2.83. The van der Waals surface area contributed by atoms with E-state index in [1.54, 1.807) is 0 Å². The number of nitrogens with one attached hydrogen (secondary N) is 2. The maximum atomic E-state index is 12.2. The molecule has 2 fully saturated rings. The Hall–Kier alpha value is -1.44. The first kappa shape index (κ1) is 14.5. The van der Waals surface area contributed by atoms with E-state index < -0.39 is 6.10 Å². The summed E-state index contributed by atoms with van der Waals surface area (Å²) in [7, 11) is 0. The summed E-state index contributed by atoms with van der Waals surface area (Å²) in [6, 6.07) is 2.23. The smallest absolute Gasteiger partial charge is 0.256 e. The number of ether oxygens (including phenoxy) is 1. The Balaban J connectivity index is 1.57. The van der Waals surface area contributed by atoms with Crippen molar-refractivity contribution in [1.82, 2.24) is 20.0 Å². The molecule has 0 radical (unpaired) electrons. The van der Waals surface area contributed by atoms with Gasteiger partial charge < -0.3 is 15.4 Å². The van der Waals surface area contributed by atoms with E-state index in [4.69, 9.17) is 4.74 Å². The summed E-state index contributed by atoms with van der Waals surface area (Å²) < 4.78 is 7.48. The highest BCUT2D eigenvalue weighted by Crippen LogP contribution is 2.16. The molecule has 21 heavy (non-hydrogen) atoms. The van der Waals surface area contributed by atoms with Gasteiger partial charge in [0, 0.05) is 31.9 Å². The number of carbonyl (C=O) groups is 1. The Morgan fingerprint density at radius 1 is 1.62 bits per heavy atom. The highest BCUT2D eigenvalue weighted by molar-refractivity contribution is 5.93. The lowest BCUT2D eigenvalue weighted by atomic mass is 10.2. The van der Waals surface area contributed by atoms with E-state index in [-0.39, 0.29) is 5.91 Å². The third-order valence-electron chi connectivity index (χ3n) is 4.16. The Morgan fingerprint density at radius 2 is 2.52 bits per heavy atom. The van der Waals surface area contributed by atoms with Gasteiger partial charge in [-0.1, -0.05) is 6.92 Å². The normalized spacial score (nSPS) is 26.9. The van der Waals surface area contributed by atoms with Crippen molar-refractivity contribution in [2.75, 3.05) is 44.6 Å². The molecule has 116 valence electrons. The largest absolute Gasteiger partial charge is 0.366 e. The lowest BCUT2D eigenvalue weighted by Crippen LogP contribution is -2.47. The summed E-state index contributed by atoms with van der Waals surface area (Å²) in [5.74, 6) is 0.493. The minimum Gasteiger partial charge on any atom is -0.366 e. The van der Waals surface area contributed by atoms with Gasteiger partial charge in [-0.15, -0.1) is 0 Å². The van der Waals surface area contributed by atoms with Crippen LogP contribution in [0.1, 0.15) is 19.4 Å². The zero-order valence-electron chi connectivity index (χ0n) is 12.4. The number of hydrogen-bond acceptors (Lipinski definition) is 5. The average Bonchev–Trinajstić information content (AvgIpc) is 3.18. The monoisotopic (exact) mass is 293 g/mol. The summed E-state index contributed by atoms with van der Waals surface area (Å²) in [6.07, 6.45) is 2.59. The van der Waals surface area contributed by atoms with Crippen molar-refractivity contribution in [3.8, 4) is 0 Å². The summed E-state index contributed by atoms with van der Waals surface area (Å²) in [6.45, 7) is 7.14. The number of aromatic nitrogens is 2. The van der Waals surface area contributed by atoms with Gasteiger partial charge in [-0.05, 0) is 19.5 Å². The van der Waals surface area contributed by atoms with Crippen LogP contribution in [-0.4, -0.2) is 66.0 Å². The standard InChI is InChI=1S/C14H23N5O2/c1-2-18-7-8-21-12(10-18)14(20)16-13-4-6-19(17-13)11-3-5-15-9-11/h4,6,11-12,15H,2-3,5,7-10H2,1H3,(H,16,17,20)/t11-,12+/m0/s1. The molecule has 0 bridgehead atoms. The molecule has 1 amide bonds. The van der Waals surface area contributed by atoms with Crippen LogP contribution in [-0.2, 0) is 9.53 Å². The van der Waals surface area contributed by atoms with Crippen molar-refractivity contribution < 1.29 is 9.53 Å². The molecule has 0 spiro atoms. The lowest BCUT2D eigenvalue weighted by Gasteiger charge is -2.30. The van der Waals surface area contributed by atoms with Crippen LogP contribution in [0.5, 0.6) is 0 Å². The van der Waals surface area contributed by atoms with Gasteiger partial charge in [-0.2, -0.15) is 5.10 Å². The molecule has 0 aliphatic carbocycles. The first-order valence-electron chi connectivity index (χ1n) is 7.67. The van der Waals surface area contributed by atoms with Crippen LogP contribution in [0.3, 0.4) is 0 Å². The number of morpholine rings is 1. The third-order valence-corrected chi connectivity index (χ3v) is 4.16. The van der Waals surface area contributed by atoms with Gasteiger partial charge in [-0.25, -0.2) is 0 Å². The highest BCUT2D eigenvalue weighted by atomic mass is 16.5. The molecule has 0 aromatic carbocycles. The quantitative estimate of drug-likeness (QED) is 0.822. The number of nitrogens with zero attached hydrogens (tertiary/aromatic N) is 3. The molecule has 2 saturated heterocycles. The van der Waals surface area contributed by atoms with Crippen molar-refractivity contribution in [3.05, 3.63) is 12.3 Å². The molecule has 7 heteroatoms. The van der Waals surface area contributed by atoms with Gasteiger partial charge in [0.1, 0.15) is 6.10 Å². The summed E-state index contributed by atoms with van der Waals surface area (Å²) >= 11 is 0.